The third-order valence-electron chi connectivity index (χ3n) is 3.32. The number of rotatable bonds is 6. The molecule has 1 N–H and O–H groups in total. The molecule has 0 saturated heterocycles. The fraction of sp³-hybridized carbons (Fsp3) is 0.647. The molecule has 2 nitrogen and oxygen atoms in total. The lowest BCUT2D eigenvalue weighted by Gasteiger charge is -2.21. The smallest absolute Gasteiger partial charge is 0.0231 e. The summed E-state index contributed by atoms with van der Waals surface area (Å²) in [7, 11) is 2.18. The molecule has 0 bridgehead atoms. The maximum absolute atomic E-state index is 3.45. The molecule has 0 aliphatic rings. The van der Waals surface area contributed by atoms with Crippen LogP contribution in [0.2, 0.25) is 0 Å². The van der Waals surface area contributed by atoms with Gasteiger partial charge in [-0.1, -0.05) is 58.9 Å². The van der Waals surface area contributed by atoms with Crippen molar-refractivity contribution in [1.82, 2.24) is 10.2 Å². The maximum Gasteiger partial charge on any atom is 0.0231 e. The molecular weight excluding hydrogens is 232 g/mol. The van der Waals surface area contributed by atoms with Crippen molar-refractivity contribution in [3.8, 4) is 0 Å². The van der Waals surface area contributed by atoms with Crippen LogP contribution in [0.4, 0.5) is 0 Å². The molecule has 108 valence electrons. The van der Waals surface area contributed by atoms with Crippen LogP contribution in [0.15, 0.2) is 24.3 Å². The minimum atomic E-state index is 0.242. The van der Waals surface area contributed by atoms with Gasteiger partial charge in [0.2, 0.25) is 0 Å². The highest BCUT2D eigenvalue weighted by Gasteiger charge is 2.12. The van der Waals surface area contributed by atoms with Gasteiger partial charge in [-0.15, -0.1) is 0 Å². The van der Waals surface area contributed by atoms with Gasteiger partial charge in [0.1, 0.15) is 0 Å². The molecule has 1 aromatic rings. The normalized spacial score (nSPS) is 12.4. The maximum atomic E-state index is 3.45. The first-order valence-corrected chi connectivity index (χ1v) is 7.30. The standard InChI is InChI=1S/C17H30N2/c1-14(2)18-11-12-19(6)13-15-7-9-16(10-8-15)17(3,4)5/h7-10,14,18H,11-13H2,1-6H3. The highest BCUT2D eigenvalue weighted by molar-refractivity contribution is 5.27. The summed E-state index contributed by atoms with van der Waals surface area (Å²) in [5, 5.41) is 3.45. The second kappa shape index (κ2) is 7.06. The Morgan fingerprint density at radius 3 is 2.16 bits per heavy atom. The first-order chi connectivity index (χ1) is 8.79. The van der Waals surface area contributed by atoms with Crippen molar-refractivity contribution < 1.29 is 0 Å². The molecule has 0 aliphatic carbocycles. The van der Waals surface area contributed by atoms with Crippen molar-refractivity contribution in [2.75, 3.05) is 20.1 Å². The predicted molar refractivity (Wildman–Crippen MR) is 84.6 cm³/mol. The number of hydrogen-bond acceptors (Lipinski definition) is 2. The molecule has 0 atom stereocenters. The topological polar surface area (TPSA) is 15.3 Å². The Morgan fingerprint density at radius 1 is 1.11 bits per heavy atom. The van der Waals surface area contributed by atoms with Crippen LogP contribution in [0.1, 0.15) is 45.7 Å². The van der Waals surface area contributed by atoms with E-state index in [0.29, 0.717) is 6.04 Å². The molecule has 0 radical (unpaired) electrons. The van der Waals surface area contributed by atoms with Crippen LogP contribution in [-0.4, -0.2) is 31.1 Å². The summed E-state index contributed by atoms with van der Waals surface area (Å²) in [5.41, 5.74) is 3.03. The minimum Gasteiger partial charge on any atom is -0.313 e. The zero-order valence-corrected chi connectivity index (χ0v) is 13.5. The quantitative estimate of drug-likeness (QED) is 0.845. The summed E-state index contributed by atoms with van der Waals surface area (Å²) in [6.07, 6.45) is 0. The van der Waals surface area contributed by atoms with E-state index in [9.17, 15) is 0 Å². The average Bonchev–Trinajstić information content (AvgIpc) is 2.27. The molecule has 0 aliphatic heterocycles. The number of benzene rings is 1. The van der Waals surface area contributed by atoms with Gasteiger partial charge in [0.25, 0.3) is 0 Å². The van der Waals surface area contributed by atoms with Gasteiger partial charge in [-0.25, -0.2) is 0 Å². The monoisotopic (exact) mass is 262 g/mol. The highest BCUT2D eigenvalue weighted by atomic mass is 15.1. The van der Waals surface area contributed by atoms with Crippen LogP contribution >= 0.6 is 0 Å². The molecular formula is C17H30N2. The Bertz CT molecular complexity index is 360. The van der Waals surface area contributed by atoms with Gasteiger partial charge in [0, 0.05) is 25.7 Å². The SMILES string of the molecule is CC(C)NCCN(C)Cc1ccc(C(C)(C)C)cc1. The second-order valence-corrected chi connectivity index (χ2v) is 6.79. The van der Waals surface area contributed by atoms with Crippen molar-refractivity contribution in [2.24, 2.45) is 0 Å². The molecule has 1 rings (SSSR count). The third kappa shape index (κ3) is 6.22. The zero-order valence-electron chi connectivity index (χ0n) is 13.5. The summed E-state index contributed by atoms with van der Waals surface area (Å²) >= 11 is 0. The zero-order chi connectivity index (χ0) is 14.5. The van der Waals surface area contributed by atoms with Crippen molar-refractivity contribution in [3.63, 3.8) is 0 Å². The van der Waals surface area contributed by atoms with Gasteiger partial charge >= 0.3 is 0 Å². The van der Waals surface area contributed by atoms with Crippen LogP contribution < -0.4 is 5.32 Å². The molecule has 0 fully saturated rings. The number of likely N-dealkylation sites (N-methyl/N-ethyl adjacent to an activating group) is 1. The van der Waals surface area contributed by atoms with E-state index in [-0.39, 0.29) is 5.41 Å². The Kier molecular flexibility index (Phi) is 6.02. The van der Waals surface area contributed by atoms with Crippen molar-refractivity contribution in [1.29, 1.82) is 0 Å². The molecule has 0 aromatic heterocycles. The second-order valence-electron chi connectivity index (χ2n) is 6.79. The predicted octanol–water partition coefficient (Wildman–Crippen LogP) is 3.41. The lowest BCUT2D eigenvalue weighted by atomic mass is 9.87. The molecule has 0 unspecified atom stereocenters. The molecule has 0 amide bonds. The van der Waals surface area contributed by atoms with E-state index in [0.717, 1.165) is 19.6 Å². The van der Waals surface area contributed by atoms with E-state index in [1.807, 2.05) is 0 Å². The number of nitrogens with one attached hydrogen (secondary N) is 1. The van der Waals surface area contributed by atoms with E-state index in [1.54, 1.807) is 0 Å². The van der Waals surface area contributed by atoms with Crippen molar-refractivity contribution >= 4 is 0 Å². The van der Waals surface area contributed by atoms with E-state index in [4.69, 9.17) is 0 Å². The molecule has 0 saturated carbocycles. The molecule has 2 heteroatoms. The van der Waals surface area contributed by atoms with E-state index < -0.39 is 0 Å². The highest BCUT2D eigenvalue weighted by Crippen LogP contribution is 2.22. The summed E-state index contributed by atoms with van der Waals surface area (Å²) in [5.74, 6) is 0. The summed E-state index contributed by atoms with van der Waals surface area (Å²) < 4.78 is 0. The lowest BCUT2D eigenvalue weighted by molar-refractivity contribution is 0.320. The largest absolute Gasteiger partial charge is 0.313 e. The van der Waals surface area contributed by atoms with Crippen molar-refractivity contribution in [2.45, 2.75) is 52.6 Å². The van der Waals surface area contributed by atoms with E-state index in [1.165, 1.54) is 11.1 Å². The van der Waals surface area contributed by atoms with Crippen molar-refractivity contribution in [3.05, 3.63) is 35.4 Å². The first kappa shape index (κ1) is 16.2. The van der Waals surface area contributed by atoms with Crippen LogP contribution in [0.3, 0.4) is 0 Å². The summed E-state index contributed by atoms with van der Waals surface area (Å²) in [6, 6.07) is 9.60. The van der Waals surface area contributed by atoms with Gasteiger partial charge in [-0.2, -0.15) is 0 Å². The number of nitrogens with zero attached hydrogens (tertiary/aromatic N) is 1. The molecule has 1 aromatic carbocycles. The average molecular weight is 262 g/mol. The van der Waals surface area contributed by atoms with E-state index >= 15 is 0 Å². The minimum absolute atomic E-state index is 0.242. The Balaban J connectivity index is 2.44. The van der Waals surface area contributed by atoms with Gasteiger partial charge < -0.3 is 10.2 Å². The lowest BCUT2D eigenvalue weighted by Crippen LogP contribution is -2.32. The molecule has 19 heavy (non-hydrogen) atoms. The van der Waals surface area contributed by atoms with Gasteiger partial charge in [0.05, 0.1) is 0 Å². The van der Waals surface area contributed by atoms with Gasteiger partial charge in [-0.05, 0) is 23.6 Å². The first-order valence-electron chi connectivity index (χ1n) is 7.30. The number of hydrogen-bond donors (Lipinski definition) is 1. The van der Waals surface area contributed by atoms with Gasteiger partial charge in [0.15, 0.2) is 0 Å². The third-order valence-corrected chi connectivity index (χ3v) is 3.32. The fourth-order valence-electron chi connectivity index (χ4n) is 2.04. The molecule has 0 heterocycles. The van der Waals surface area contributed by atoms with Crippen LogP contribution in [0, 0.1) is 0 Å². The Labute approximate surface area is 119 Å². The summed E-state index contributed by atoms with van der Waals surface area (Å²) in [6.45, 7) is 14.3. The van der Waals surface area contributed by atoms with Crippen LogP contribution in [0.5, 0.6) is 0 Å². The summed E-state index contributed by atoms with van der Waals surface area (Å²) in [4.78, 5) is 2.36. The molecule has 0 spiro atoms. The fourth-order valence-corrected chi connectivity index (χ4v) is 2.04. The van der Waals surface area contributed by atoms with E-state index in [2.05, 4.69) is 76.1 Å². The Hall–Kier alpha value is -0.860. The van der Waals surface area contributed by atoms with Gasteiger partial charge in [-0.3, -0.25) is 0 Å². The van der Waals surface area contributed by atoms with Crippen LogP contribution in [0.25, 0.3) is 0 Å². The van der Waals surface area contributed by atoms with Crippen LogP contribution in [-0.2, 0) is 12.0 Å². The Morgan fingerprint density at radius 2 is 1.68 bits per heavy atom.